The molecule has 0 aliphatic carbocycles. The van der Waals surface area contributed by atoms with Gasteiger partial charge in [0.05, 0.1) is 11.8 Å². The van der Waals surface area contributed by atoms with Crippen molar-refractivity contribution >= 4 is 23.0 Å². The van der Waals surface area contributed by atoms with Gasteiger partial charge in [-0.2, -0.15) is 0 Å². The van der Waals surface area contributed by atoms with Gasteiger partial charge in [-0.05, 0) is 31.7 Å². The summed E-state index contributed by atoms with van der Waals surface area (Å²) in [5.74, 6) is -0.328. The first kappa shape index (κ1) is 10.1. The van der Waals surface area contributed by atoms with Gasteiger partial charge in [-0.15, -0.1) is 11.3 Å². The highest BCUT2D eigenvalue weighted by Gasteiger charge is 2.15. The van der Waals surface area contributed by atoms with Crippen LogP contribution in [0, 0.1) is 6.92 Å². The van der Waals surface area contributed by atoms with E-state index in [1.807, 2.05) is 26.2 Å². The maximum Gasteiger partial charge on any atom is 0.350 e. The van der Waals surface area contributed by atoms with Crippen LogP contribution >= 0.6 is 11.3 Å². The number of nitrogens with two attached hydrogens (primary N) is 1. The highest BCUT2D eigenvalue weighted by molar-refractivity contribution is 7.12. The molecule has 0 saturated carbocycles. The Morgan fingerprint density at radius 1 is 1.62 bits per heavy atom. The Morgan fingerprint density at radius 2 is 2.23 bits per heavy atom. The van der Waals surface area contributed by atoms with Gasteiger partial charge in [-0.1, -0.05) is 0 Å². The number of rotatable bonds is 2. The van der Waals surface area contributed by atoms with E-state index >= 15 is 0 Å². The lowest BCUT2D eigenvalue weighted by atomic mass is 10.3. The topological polar surface area (TPSA) is 52.3 Å². The molecule has 2 N–H and O–H groups in total. The SMILES string of the molecule is Cc1csc(C(=O)OC(C)C)c1N. The zero-order valence-electron chi connectivity index (χ0n) is 7.96. The number of nitrogen functional groups attached to an aromatic ring is 1. The molecule has 0 aromatic carbocycles. The van der Waals surface area contributed by atoms with Gasteiger partial charge in [-0.25, -0.2) is 4.79 Å². The highest BCUT2D eigenvalue weighted by Crippen LogP contribution is 2.25. The van der Waals surface area contributed by atoms with Gasteiger partial charge in [0, 0.05) is 0 Å². The molecule has 0 radical (unpaired) electrons. The molecule has 0 fully saturated rings. The fraction of sp³-hybridized carbons (Fsp3) is 0.444. The van der Waals surface area contributed by atoms with Crippen molar-refractivity contribution in [2.45, 2.75) is 26.9 Å². The molecule has 0 spiro atoms. The fourth-order valence-corrected chi connectivity index (χ4v) is 1.73. The Bertz CT molecular complexity index is 317. The molecule has 1 rings (SSSR count). The lowest BCUT2D eigenvalue weighted by molar-refractivity contribution is 0.0385. The molecule has 0 aliphatic rings. The molecule has 4 heteroatoms. The van der Waals surface area contributed by atoms with Crippen LogP contribution in [-0.4, -0.2) is 12.1 Å². The van der Waals surface area contributed by atoms with E-state index in [4.69, 9.17) is 10.5 Å². The second-order valence-corrected chi connectivity index (χ2v) is 4.00. The number of thiophene rings is 1. The lowest BCUT2D eigenvalue weighted by Gasteiger charge is -2.06. The minimum absolute atomic E-state index is 0.102. The standard InChI is InChI=1S/C9H13NO2S/c1-5(2)12-9(11)8-7(10)6(3)4-13-8/h4-5H,10H2,1-3H3. The average molecular weight is 199 g/mol. The van der Waals surface area contributed by atoms with E-state index in [-0.39, 0.29) is 12.1 Å². The number of ether oxygens (including phenoxy) is 1. The largest absolute Gasteiger partial charge is 0.459 e. The smallest absolute Gasteiger partial charge is 0.350 e. The second-order valence-electron chi connectivity index (χ2n) is 3.12. The summed E-state index contributed by atoms with van der Waals surface area (Å²) in [6.45, 7) is 5.50. The van der Waals surface area contributed by atoms with Gasteiger partial charge in [-0.3, -0.25) is 0 Å². The summed E-state index contributed by atoms with van der Waals surface area (Å²) in [4.78, 5) is 11.9. The molecule has 1 aromatic heterocycles. The minimum Gasteiger partial charge on any atom is -0.459 e. The number of aryl methyl sites for hydroxylation is 1. The predicted octanol–water partition coefficient (Wildman–Crippen LogP) is 2.20. The van der Waals surface area contributed by atoms with Crippen LogP contribution in [0.5, 0.6) is 0 Å². The molecule has 0 bridgehead atoms. The highest BCUT2D eigenvalue weighted by atomic mass is 32.1. The Labute approximate surface area is 81.5 Å². The van der Waals surface area contributed by atoms with E-state index in [1.54, 1.807) is 0 Å². The molecule has 1 heterocycles. The van der Waals surface area contributed by atoms with Crippen molar-refractivity contribution in [3.8, 4) is 0 Å². The third-order valence-electron chi connectivity index (χ3n) is 1.55. The van der Waals surface area contributed by atoms with Crippen LogP contribution in [-0.2, 0) is 4.74 Å². The summed E-state index contributed by atoms with van der Waals surface area (Å²) in [6, 6.07) is 0. The van der Waals surface area contributed by atoms with Crippen molar-refractivity contribution in [2.24, 2.45) is 0 Å². The van der Waals surface area contributed by atoms with Gasteiger partial charge in [0.15, 0.2) is 0 Å². The number of carbonyl (C=O) groups is 1. The van der Waals surface area contributed by atoms with Crippen molar-refractivity contribution in [1.29, 1.82) is 0 Å². The normalized spacial score (nSPS) is 10.5. The van der Waals surface area contributed by atoms with Crippen molar-refractivity contribution < 1.29 is 9.53 Å². The first-order chi connectivity index (χ1) is 6.02. The fourth-order valence-electron chi connectivity index (χ4n) is 0.879. The van der Waals surface area contributed by atoms with Crippen LogP contribution in [0.2, 0.25) is 0 Å². The summed E-state index contributed by atoms with van der Waals surface area (Å²) in [7, 11) is 0. The average Bonchev–Trinajstić information content (AvgIpc) is 2.31. The molecule has 0 atom stereocenters. The van der Waals surface area contributed by atoms with Crippen LogP contribution in [0.3, 0.4) is 0 Å². The zero-order chi connectivity index (χ0) is 10.0. The maximum absolute atomic E-state index is 11.4. The Morgan fingerprint density at radius 3 is 2.62 bits per heavy atom. The van der Waals surface area contributed by atoms with E-state index in [9.17, 15) is 4.79 Å². The first-order valence-electron chi connectivity index (χ1n) is 4.07. The number of esters is 1. The van der Waals surface area contributed by atoms with E-state index in [0.717, 1.165) is 5.56 Å². The second kappa shape index (κ2) is 3.79. The van der Waals surface area contributed by atoms with Crippen molar-refractivity contribution in [3.05, 3.63) is 15.8 Å². The molecular weight excluding hydrogens is 186 g/mol. The van der Waals surface area contributed by atoms with E-state index < -0.39 is 0 Å². The van der Waals surface area contributed by atoms with Gasteiger partial charge in [0.1, 0.15) is 4.88 Å². The number of carbonyl (C=O) groups excluding carboxylic acids is 1. The quantitative estimate of drug-likeness (QED) is 0.743. The molecule has 13 heavy (non-hydrogen) atoms. The summed E-state index contributed by atoms with van der Waals surface area (Å²) < 4.78 is 5.02. The Balaban J connectivity index is 2.83. The molecule has 0 saturated heterocycles. The van der Waals surface area contributed by atoms with Gasteiger partial charge >= 0.3 is 5.97 Å². The molecule has 3 nitrogen and oxygen atoms in total. The maximum atomic E-state index is 11.4. The predicted molar refractivity (Wildman–Crippen MR) is 54.0 cm³/mol. The third kappa shape index (κ3) is 2.21. The minimum atomic E-state index is -0.328. The van der Waals surface area contributed by atoms with Crippen molar-refractivity contribution in [1.82, 2.24) is 0 Å². The number of hydrogen-bond acceptors (Lipinski definition) is 4. The summed E-state index contributed by atoms with van der Waals surface area (Å²) in [6.07, 6.45) is -0.102. The van der Waals surface area contributed by atoms with Crippen LogP contribution < -0.4 is 5.73 Å². The lowest BCUT2D eigenvalue weighted by Crippen LogP contribution is -2.11. The number of hydrogen-bond donors (Lipinski definition) is 1. The zero-order valence-corrected chi connectivity index (χ0v) is 8.77. The van der Waals surface area contributed by atoms with Crippen LogP contribution in [0.25, 0.3) is 0 Å². The van der Waals surface area contributed by atoms with Gasteiger partial charge < -0.3 is 10.5 Å². The van der Waals surface area contributed by atoms with E-state index in [1.165, 1.54) is 11.3 Å². The Kier molecular flexibility index (Phi) is 2.93. The summed E-state index contributed by atoms with van der Waals surface area (Å²) >= 11 is 1.33. The molecule has 0 aliphatic heterocycles. The third-order valence-corrected chi connectivity index (χ3v) is 2.64. The van der Waals surface area contributed by atoms with Gasteiger partial charge in [0.25, 0.3) is 0 Å². The molecule has 0 unspecified atom stereocenters. The van der Waals surface area contributed by atoms with Crippen molar-refractivity contribution in [3.63, 3.8) is 0 Å². The monoisotopic (exact) mass is 199 g/mol. The van der Waals surface area contributed by atoms with Gasteiger partial charge in [0.2, 0.25) is 0 Å². The number of anilines is 1. The first-order valence-corrected chi connectivity index (χ1v) is 4.95. The van der Waals surface area contributed by atoms with Crippen LogP contribution in [0.4, 0.5) is 5.69 Å². The molecule has 72 valence electrons. The summed E-state index contributed by atoms with van der Waals surface area (Å²) in [5.41, 5.74) is 7.16. The molecule has 1 aromatic rings. The molecular formula is C9H13NO2S. The molecule has 0 amide bonds. The van der Waals surface area contributed by atoms with Crippen molar-refractivity contribution in [2.75, 3.05) is 5.73 Å². The van der Waals surface area contributed by atoms with Crippen LogP contribution in [0.1, 0.15) is 29.1 Å². The summed E-state index contributed by atoms with van der Waals surface area (Å²) in [5, 5.41) is 1.85. The van der Waals surface area contributed by atoms with E-state index in [0.29, 0.717) is 10.6 Å². The van der Waals surface area contributed by atoms with E-state index in [2.05, 4.69) is 0 Å². The Hall–Kier alpha value is -1.03. The van der Waals surface area contributed by atoms with Crippen LogP contribution in [0.15, 0.2) is 5.38 Å².